The van der Waals surface area contributed by atoms with Gasteiger partial charge in [0.1, 0.15) is 34.6 Å². The number of rotatable bonds is 11. The smallest absolute Gasteiger partial charge is 0.276 e. The molecule has 10 heteroatoms. The quantitative estimate of drug-likeness (QED) is 0.219. The lowest BCUT2D eigenvalue weighted by Crippen LogP contribution is -2.32. The zero-order valence-corrected chi connectivity index (χ0v) is 22.7. The first-order chi connectivity index (χ1) is 17.9. The maximum Gasteiger partial charge on any atom is 0.276 e. The summed E-state index contributed by atoms with van der Waals surface area (Å²) in [6, 6.07) is 14.5. The minimum absolute atomic E-state index is 0.154. The number of hydrogen-bond acceptors (Lipinski definition) is 6. The maximum atomic E-state index is 13.0. The van der Waals surface area contributed by atoms with Gasteiger partial charge in [0.2, 0.25) is 0 Å². The van der Waals surface area contributed by atoms with E-state index in [4.69, 9.17) is 54.0 Å². The van der Waals surface area contributed by atoms with Crippen LogP contribution in [-0.2, 0) is 17.8 Å². The van der Waals surface area contributed by atoms with Crippen molar-refractivity contribution in [2.75, 3.05) is 19.8 Å². The number of carbonyl (C=O) groups is 1. The van der Waals surface area contributed by atoms with E-state index < -0.39 is 0 Å². The molecule has 0 atom stereocenters. The molecule has 0 bridgehead atoms. The number of hydrogen-bond donors (Lipinski definition) is 1. The van der Waals surface area contributed by atoms with Crippen LogP contribution < -0.4 is 19.5 Å². The van der Waals surface area contributed by atoms with Crippen LogP contribution in [0.25, 0.3) is 6.08 Å². The Balaban J connectivity index is 1.37. The van der Waals surface area contributed by atoms with Crippen LogP contribution in [0.4, 0.5) is 0 Å². The molecule has 37 heavy (non-hydrogen) atoms. The molecular formula is C27H26Cl2N2O5S. The van der Waals surface area contributed by atoms with Crippen molar-refractivity contribution in [3.05, 3.63) is 81.4 Å². The number of amides is 1. The predicted molar refractivity (Wildman–Crippen MR) is 147 cm³/mol. The van der Waals surface area contributed by atoms with Crippen molar-refractivity contribution in [2.45, 2.75) is 26.9 Å². The third kappa shape index (κ3) is 6.57. The molecular weight excluding hydrogens is 535 g/mol. The van der Waals surface area contributed by atoms with Crippen LogP contribution in [0.2, 0.25) is 10.0 Å². The van der Waals surface area contributed by atoms with E-state index in [1.165, 1.54) is 4.90 Å². The fourth-order valence-electron chi connectivity index (χ4n) is 3.70. The molecule has 2 heterocycles. The van der Waals surface area contributed by atoms with Gasteiger partial charge in [0.25, 0.3) is 5.91 Å². The number of benzene rings is 2. The van der Waals surface area contributed by atoms with Crippen molar-refractivity contribution >= 4 is 52.5 Å². The summed E-state index contributed by atoms with van der Waals surface area (Å²) in [5.41, 5.74) is 1.35. The van der Waals surface area contributed by atoms with Gasteiger partial charge in [0.15, 0.2) is 16.6 Å². The second kappa shape index (κ2) is 12.4. The molecule has 1 aliphatic heterocycles. The predicted octanol–water partition coefficient (Wildman–Crippen LogP) is 6.26. The van der Waals surface area contributed by atoms with Crippen LogP contribution in [0, 0.1) is 0 Å². The Morgan fingerprint density at radius 2 is 1.78 bits per heavy atom. The Kier molecular flexibility index (Phi) is 8.97. The summed E-state index contributed by atoms with van der Waals surface area (Å²) in [5.74, 6) is 2.68. The molecule has 0 radical (unpaired) electrons. The number of carbonyl (C=O) groups excluding carboxylic acids is 1. The first-order valence-corrected chi connectivity index (χ1v) is 12.9. The van der Waals surface area contributed by atoms with Crippen LogP contribution in [-0.4, -0.2) is 35.7 Å². The molecule has 1 aromatic heterocycles. The van der Waals surface area contributed by atoms with Crippen molar-refractivity contribution in [2.24, 2.45) is 0 Å². The lowest BCUT2D eigenvalue weighted by atomic mass is 10.1. The van der Waals surface area contributed by atoms with Crippen molar-refractivity contribution in [3.8, 4) is 17.2 Å². The Morgan fingerprint density at radius 3 is 2.57 bits per heavy atom. The van der Waals surface area contributed by atoms with Crippen molar-refractivity contribution in [3.63, 3.8) is 0 Å². The van der Waals surface area contributed by atoms with Crippen molar-refractivity contribution in [1.29, 1.82) is 0 Å². The summed E-state index contributed by atoms with van der Waals surface area (Å²) < 4.78 is 22.8. The van der Waals surface area contributed by atoms with Gasteiger partial charge in [-0.05, 0) is 74.4 Å². The molecule has 2 aromatic carbocycles. The highest BCUT2D eigenvalue weighted by Gasteiger charge is 2.30. The summed E-state index contributed by atoms with van der Waals surface area (Å²) in [4.78, 5) is 14.5. The van der Waals surface area contributed by atoms with Crippen molar-refractivity contribution in [1.82, 2.24) is 10.2 Å². The lowest BCUT2D eigenvalue weighted by Gasteiger charge is -2.15. The van der Waals surface area contributed by atoms with Gasteiger partial charge in [0.05, 0.1) is 18.2 Å². The molecule has 1 amide bonds. The Bertz CT molecular complexity index is 1320. The molecule has 3 aromatic rings. The zero-order chi connectivity index (χ0) is 26.4. The number of thiocarbonyl (C=S) groups is 1. The standard InChI is InChI=1S/C27H26Cl2N2O5S/c1-3-33-22-11-8-17(14-24(22)34-4-2)12-13-31-26(32)21(30-27(31)37)15-18-9-10-19(36-18)16-35-23-7-5-6-20(28)25(23)29/h5-11,14-15H,3-4,12-13,16H2,1-2H3,(H,30,37)/b21-15+. The van der Waals surface area contributed by atoms with E-state index in [-0.39, 0.29) is 12.5 Å². The molecule has 1 aliphatic rings. The van der Waals surface area contributed by atoms with Crippen LogP contribution in [0.3, 0.4) is 0 Å². The second-order valence-electron chi connectivity index (χ2n) is 7.99. The van der Waals surface area contributed by atoms with Gasteiger partial charge in [-0.3, -0.25) is 9.69 Å². The van der Waals surface area contributed by atoms with Gasteiger partial charge in [-0.2, -0.15) is 0 Å². The number of nitrogens with zero attached hydrogens (tertiary/aromatic N) is 1. The largest absolute Gasteiger partial charge is 0.490 e. The third-order valence-corrected chi connectivity index (χ3v) is 6.57. The van der Waals surface area contributed by atoms with E-state index in [9.17, 15) is 4.79 Å². The van der Waals surface area contributed by atoms with Crippen LogP contribution in [0.1, 0.15) is 30.9 Å². The minimum Gasteiger partial charge on any atom is -0.490 e. The van der Waals surface area contributed by atoms with E-state index in [1.807, 2.05) is 32.0 Å². The zero-order valence-electron chi connectivity index (χ0n) is 20.4. The first-order valence-electron chi connectivity index (χ1n) is 11.8. The summed E-state index contributed by atoms with van der Waals surface area (Å²) >= 11 is 17.6. The summed E-state index contributed by atoms with van der Waals surface area (Å²) in [7, 11) is 0. The molecule has 0 aliphatic carbocycles. The molecule has 0 spiro atoms. The average Bonchev–Trinajstić information content (AvgIpc) is 3.44. The van der Waals surface area contributed by atoms with Gasteiger partial charge in [0, 0.05) is 12.6 Å². The van der Waals surface area contributed by atoms with Crippen molar-refractivity contribution < 1.29 is 23.4 Å². The Morgan fingerprint density at radius 1 is 1.00 bits per heavy atom. The number of halogens is 2. The van der Waals surface area contributed by atoms with E-state index in [0.29, 0.717) is 75.8 Å². The molecule has 1 saturated heterocycles. The summed E-state index contributed by atoms with van der Waals surface area (Å²) in [6.45, 7) is 5.51. The molecule has 4 rings (SSSR count). The molecule has 194 valence electrons. The number of ether oxygens (including phenoxy) is 3. The minimum atomic E-state index is -0.221. The Hall–Kier alpha value is -3.20. The normalized spacial score (nSPS) is 14.3. The first kappa shape index (κ1) is 26.9. The third-order valence-electron chi connectivity index (χ3n) is 5.45. The van der Waals surface area contributed by atoms with Gasteiger partial charge < -0.3 is 23.9 Å². The van der Waals surface area contributed by atoms with Gasteiger partial charge in [-0.1, -0.05) is 35.3 Å². The molecule has 7 nitrogen and oxygen atoms in total. The molecule has 0 saturated carbocycles. The van der Waals surface area contributed by atoms with Crippen LogP contribution in [0.5, 0.6) is 17.2 Å². The topological polar surface area (TPSA) is 73.2 Å². The summed E-state index contributed by atoms with van der Waals surface area (Å²) in [6.07, 6.45) is 2.22. The fraction of sp³-hybridized carbons (Fsp3) is 0.259. The van der Waals surface area contributed by atoms with Gasteiger partial charge in [-0.15, -0.1) is 0 Å². The molecule has 0 unspecified atom stereocenters. The fourth-order valence-corrected chi connectivity index (χ4v) is 4.33. The highest BCUT2D eigenvalue weighted by molar-refractivity contribution is 7.80. The summed E-state index contributed by atoms with van der Waals surface area (Å²) in [5, 5.41) is 4.07. The molecule has 1 fully saturated rings. The van der Waals surface area contributed by atoms with Gasteiger partial charge >= 0.3 is 0 Å². The van der Waals surface area contributed by atoms with Crippen LogP contribution >= 0.6 is 35.4 Å². The number of furan rings is 1. The highest BCUT2D eigenvalue weighted by atomic mass is 35.5. The average molecular weight is 561 g/mol. The maximum absolute atomic E-state index is 13.0. The SMILES string of the molecule is CCOc1ccc(CCN2C(=O)/C(=C\c3ccc(COc4cccc(Cl)c4Cl)o3)NC2=S)cc1OCC. The van der Waals surface area contributed by atoms with E-state index in [0.717, 1.165) is 5.56 Å². The van der Waals surface area contributed by atoms with Gasteiger partial charge in [-0.25, -0.2) is 0 Å². The van der Waals surface area contributed by atoms with E-state index in [1.54, 1.807) is 36.4 Å². The lowest BCUT2D eigenvalue weighted by molar-refractivity contribution is -0.122. The monoisotopic (exact) mass is 560 g/mol. The second-order valence-corrected chi connectivity index (χ2v) is 9.16. The van der Waals surface area contributed by atoms with Crippen LogP contribution in [0.15, 0.2) is 58.6 Å². The highest BCUT2D eigenvalue weighted by Crippen LogP contribution is 2.32. The number of nitrogens with one attached hydrogen (secondary N) is 1. The Labute approximate surface area is 230 Å². The van der Waals surface area contributed by atoms with E-state index in [2.05, 4.69) is 5.32 Å². The molecule has 1 N–H and O–H groups in total. The van der Waals surface area contributed by atoms with E-state index >= 15 is 0 Å².